The summed E-state index contributed by atoms with van der Waals surface area (Å²) in [6.07, 6.45) is 2.69. The molecule has 30 heavy (non-hydrogen) atoms. The standard InChI is InChI=1S/C22H12N2O6/c25-21(26)19-17(13-9-29-15-7-3-1-5-11(13)15)23-20(22(27)28)18(24-19)14-10-30-16-8-4-2-6-12(14)16/h1-10H,(H,25,26)(H,27,28). The third kappa shape index (κ3) is 2.62. The van der Waals surface area contributed by atoms with Crippen LogP contribution in [0.25, 0.3) is 44.5 Å². The van der Waals surface area contributed by atoms with Gasteiger partial charge in [-0.2, -0.15) is 0 Å². The lowest BCUT2D eigenvalue weighted by Crippen LogP contribution is -2.13. The minimum Gasteiger partial charge on any atom is -0.476 e. The number of hydrogen-bond donors (Lipinski definition) is 2. The second kappa shape index (κ2) is 6.56. The molecule has 5 rings (SSSR count). The third-order valence-electron chi connectivity index (χ3n) is 4.77. The minimum atomic E-state index is -1.34. The first-order valence-electron chi connectivity index (χ1n) is 8.86. The molecule has 0 unspecified atom stereocenters. The lowest BCUT2D eigenvalue weighted by Gasteiger charge is -2.09. The number of benzene rings is 2. The Hall–Kier alpha value is -4.46. The Morgan fingerprint density at radius 1 is 0.667 bits per heavy atom. The molecule has 3 heterocycles. The van der Waals surface area contributed by atoms with E-state index in [1.165, 1.54) is 12.5 Å². The first-order valence-corrected chi connectivity index (χ1v) is 8.86. The van der Waals surface area contributed by atoms with Gasteiger partial charge < -0.3 is 19.0 Å². The Bertz CT molecular complexity index is 1350. The zero-order valence-corrected chi connectivity index (χ0v) is 15.2. The first-order chi connectivity index (χ1) is 14.5. The van der Waals surface area contributed by atoms with Crippen LogP contribution in [0, 0.1) is 0 Å². The van der Waals surface area contributed by atoms with Crippen LogP contribution in [-0.4, -0.2) is 32.1 Å². The van der Waals surface area contributed by atoms with Gasteiger partial charge in [0.1, 0.15) is 35.1 Å². The summed E-state index contributed by atoms with van der Waals surface area (Å²) in [4.78, 5) is 32.4. The largest absolute Gasteiger partial charge is 0.476 e. The summed E-state index contributed by atoms with van der Waals surface area (Å²) in [6, 6.07) is 14.0. The van der Waals surface area contributed by atoms with Gasteiger partial charge in [-0.15, -0.1) is 0 Å². The molecule has 0 saturated carbocycles. The Balaban J connectivity index is 1.83. The maximum atomic E-state index is 12.0. The van der Waals surface area contributed by atoms with Crippen molar-refractivity contribution < 1.29 is 28.6 Å². The number of nitrogens with zero attached hydrogens (tertiary/aromatic N) is 2. The van der Waals surface area contributed by atoms with Crippen LogP contribution >= 0.6 is 0 Å². The number of carbonyl (C=O) groups is 2. The predicted octanol–water partition coefficient (Wildman–Crippen LogP) is 4.70. The number of carboxylic acid groups (broad SMARTS) is 2. The van der Waals surface area contributed by atoms with Gasteiger partial charge in [0.25, 0.3) is 0 Å². The maximum absolute atomic E-state index is 12.0. The molecule has 0 bridgehead atoms. The molecule has 0 amide bonds. The Labute approximate surface area is 168 Å². The van der Waals surface area contributed by atoms with Crippen molar-refractivity contribution in [2.24, 2.45) is 0 Å². The van der Waals surface area contributed by atoms with Crippen molar-refractivity contribution >= 4 is 33.9 Å². The molecule has 0 aliphatic heterocycles. The van der Waals surface area contributed by atoms with Gasteiger partial charge in [0.15, 0.2) is 11.4 Å². The summed E-state index contributed by atoms with van der Waals surface area (Å²) in [5, 5.41) is 20.8. The van der Waals surface area contributed by atoms with Gasteiger partial charge >= 0.3 is 11.9 Å². The van der Waals surface area contributed by atoms with Crippen molar-refractivity contribution in [2.45, 2.75) is 0 Å². The predicted molar refractivity (Wildman–Crippen MR) is 106 cm³/mol. The minimum absolute atomic E-state index is 0.0820. The van der Waals surface area contributed by atoms with E-state index in [0.29, 0.717) is 33.1 Å². The molecule has 0 saturated heterocycles. The van der Waals surface area contributed by atoms with Crippen molar-refractivity contribution in [1.82, 2.24) is 9.97 Å². The zero-order chi connectivity index (χ0) is 20.8. The van der Waals surface area contributed by atoms with Crippen LogP contribution in [-0.2, 0) is 0 Å². The van der Waals surface area contributed by atoms with Crippen molar-refractivity contribution in [3.63, 3.8) is 0 Å². The number of carboxylic acids is 2. The van der Waals surface area contributed by atoms with E-state index in [9.17, 15) is 19.8 Å². The van der Waals surface area contributed by atoms with Gasteiger partial charge in [-0.25, -0.2) is 19.6 Å². The maximum Gasteiger partial charge on any atom is 0.356 e. The van der Waals surface area contributed by atoms with Crippen molar-refractivity contribution in [3.8, 4) is 22.5 Å². The van der Waals surface area contributed by atoms with Gasteiger partial charge in [-0.3, -0.25) is 0 Å². The van der Waals surface area contributed by atoms with Crippen LogP contribution in [0.2, 0.25) is 0 Å². The average molecular weight is 400 g/mol. The number of fused-ring (bicyclic) bond motifs is 2. The van der Waals surface area contributed by atoms with Gasteiger partial charge in [-0.1, -0.05) is 36.4 Å². The van der Waals surface area contributed by atoms with E-state index in [1.54, 1.807) is 48.5 Å². The summed E-state index contributed by atoms with van der Waals surface area (Å²) in [5.41, 5.74) is 0.810. The second-order valence-corrected chi connectivity index (χ2v) is 6.52. The highest BCUT2D eigenvalue weighted by atomic mass is 16.4. The SMILES string of the molecule is O=C(O)c1nc(-c2coc3ccccc23)c(C(=O)O)nc1-c1coc2ccccc12. The van der Waals surface area contributed by atoms with E-state index in [1.807, 2.05) is 0 Å². The summed E-state index contributed by atoms with van der Waals surface area (Å²) in [7, 11) is 0. The number of para-hydroxylation sites is 2. The van der Waals surface area contributed by atoms with Gasteiger partial charge in [0, 0.05) is 21.9 Å². The van der Waals surface area contributed by atoms with E-state index in [2.05, 4.69) is 9.97 Å². The fourth-order valence-electron chi connectivity index (χ4n) is 3.43. The fourth-order valence-corrected chi connectivity index (χ4v) is 3.43. The van der Waals surface area contributed by atoms with E-state index in [0.717, 1.165) is 0 Å². The topological polar surface area (TPSA) is 127 Å². The smallest absolute Gasteiger partial charge is 0.356 e. The van der Waals surface area contributed by atoms with E-state index < -0.39 is 11.9 Å². The Morgan fingerprint density at radius 2 is 1.07 bits per heavy atom. The number of hydrogen-bond acceptors (Lipinski definition) is 6. The monoisotopic (exact) mass is 400 g/mol. The number of aromatic nitrogens is 2. The normalized spacial score (nSPS) is 11.2. The molecule has 0 spiro atoms. The molecule has 0 atom stereocenters. The molecular weight excluding hydrogens is 388 g/mol. The van der Waals surface area contributed by atoms with Crippen LogP contribution in [0.1, 0.15) is 21.0 Å². The van der Waals surface area contributed by atoms with Crippen LogP contribution in [0.15, 0.2) is 69.9 Å². The second-order valence-electron chi connectivity index (χ2n) is 6.52. The van der Waals surface area contributed by atoms with E-state index in [-0.39, 0.29) is 22.8 Å². The van der Waals surface area contributed by atoms with Crippen LogP contribution < -0.4 is 0 Å². The highest BCUT2D eigenvalue weighted by molar-refractivity contribution is 6.04. The molecular formula is C22H12N2O6. The lowest BCUT2D eigenvalue weighted by molar-refractivity contribution is 0.0672. The molecule has 2 aromatic carbocycles. The molecule has 0 fully saturated rings. The van der Waals surface area contributed by atoms with Crippen LogP contribution in [0.5, 0.6) is 0 Å². The number of aromatic carboxylic acids is 2. The van der Waals surface area contributed by atoms with Gasteiger partial charge in [0.2, 0.25) is 0 Å². The molecule has 3 aromatic heterocycles. The highest BCUT2D eigenvalue weighted by Crippen LogP contribution is 2.35. The summed E-state index contributed by atoms with van der Waals surface area (Å²) < 4.78 is 11.0. The summed E-state index contributed by atoms with van der Waals surface area (Å²) >= 11 is 0. The highest BCUT2D eigenvalue weighted by Gasteiger charge is 2.27. The van der Waals surface area contributed by atoms with Crippen molar-refractivity contribution in [3.05, 3.63) is 72.4 Å². The quantitative estimate of drug-likeness (QED) is 0.444. The van der Waals surface area contributed by atoms with Crippen LogP contribution in [0.3, 0.4) is 0 Å². The van der Waals surface area contributed by atoms with Crippen LogP contribution in [0.4, 0.5) is 0 Å². The third-order valence-corrected chi connectivity index (χ3v) is 4.77. The molecule has 0 aliphatic carbocycles. The molecule has 5 aromatic rings. The molecule has 146 valence electrons. The number of rotatable bonds is 4. The zero-order valence-electron chi connectivity index (χ0n) is 15.2. The van der Waals surface area contributed by atoms with E-state index >= 15 is 0 Å². The molecule has 8 nitrogen and oxygen atoms in total. The Kier molecular flexibility index (Phi) is 3.85. The molecule has 0 radical (unpaired) electrons. The first kappa shape index (κ1) is 17.6. The van der Waals surface area contributed by atoms with Crippen molar-refractivity contribution in [1.29, 1.82) is 0 Å². The lowest BCUT2D eigenvalue weighted by atomic mass is 10.0. The number of furan rings is 2. The van der Waals surface area contributed by atoms with Gasteiger partial charge in [0.05, 0.1) is 0 Å². The fraction of sp³-hybridized carbons (Fsp3) is 0. The Morgan fingerprint density at radius 3 is 1.47 bits per heavy atom. The van der Waals surface area contributed by atoms with Crippen molar-refractivity contribution in [2.75, 3.05) is 0 Å². The average Bonchev–Trinajstić information content (AvgIpc) is 3.37. The summed E-state index contributed by atoms with van der Waals surface area (Å²) in [5.74, 6) is -2.68. The van der Waals surface area contributed by atoms with Gasteiger partial charge in [-0.05, 0) is 12.1 Å². The van der Waals surface area contributed by atoms with E-state index in [4.69, 9.17) is 8.83 Å². The molecule has 0 aliphatic rings. The molecule has 2 N–H and O–H groups in total. The molecule has 8 heteroatoms. The summed E-state index contributed by atoms with van der Waals surface area (Å²) in [6.45, 7) is 0.